The smallest absolute Gasteiger partial charge is 0.336 e. The minimum absolute atomic E-state index is 0.169. The summed E-state index contributed by atoms with van der Waals surface area (Å²) in [5.74, 6) is -0.489. The van der Waals surface area contributed by atoms with Gasteiger partial charge in [-0.05, 0) is 24.3 Å². The number of nitrogens with one attached hydrogen (secondary N) is 1. The van der Waals surface area contributed by atoms with Gasteiger partial charge in [0.1, 0.15) is 11.4 Å². The number of H-pyrrole nitrogens is 1. The molecule has 2 aromatic heterocycles. The lowest BCUT2D eigenvalue weighted by atomic mass is 10.0. The molecule has 0 aliphatic rings. The van der Waals surface area contributed by atoms with Gasteiger partial charge in [0.25, 0.3) is 0 Å². The van der Waals surface area contributed by atoms with E-state index in [2.05, 4.69) is 9.97 Å². The molecule has 3 rings (SSSR count). The van der Waals surface area contributed by atoms with Crippen molar-refractivity contribution < 1.29 is 14.6 Å². The number of nitrogens with zero attached hydrogens (tertiary/aromatic N) is 1. The second-order valence-electron chi connectivity index (χ2n) is 4.71. The van der Waals surface area contributed by atoms with E-state index in [-0.39, 0.29) is 5.57 Å². The zero-order valence-corrected chi connectivity index (χ0v) is 11.9. The molecule has 3 aromatic rings. The highest BCUT2D eigenvalue weighted by molar-refractivity contribution is 6.22. The van der Waals surface area contributed by atoms with Crippen molar-refractivity contribution in [3.8, 4) is 5.75 Å². The standard InChI is InChI=1S/C17H14N2O3/c1-22-15-7-3-2-5-13(15)14(17(20)21)9-11-10-19-16-12(11)6-4-8-18-16/h2-10H,1H3,(H,18,19)(H,20,21). The molecule has 0 atom stereocenters. The highest BCUT2D eigenvalue weighted by Crippen LogP contribution is 2.29. The third-order valence-electron chi connectivity index (χ3n) is 3.41. The molecule has 0 aliphatic carbocycles. The van der Waals surface area contributed by atoms with E-state index in [1.54, 1.807) is 42.7 Å². The first-order valence-corrected chi connectivity index (χ1v) is 6.71. The van der Waals surface area contributed by atoms with Gasteiger partial charge in [-0.2, -0.15) is 0 Å². The molecule has 5 nitrogen and oxygen atoms in total. The minimum Gasteiger partial charge on any atom is -0.496 e. The van der Waals surface area contributed by atoms with Gasteiger partial charge in [0.2, 0.25) is 0 Å². The van der Waals surface area contributed by atoms with Crippen molar-refractivity contribution in [2.75, 3.05) is 7.11 Å². The third-order valence-corrected chi connectivity index (χ3v) is 3.41. The summed E-state index contributed by atoms with van der Waals surface area (Å²) in [6.45, 7) is 0. The molecule has 2 N–H and O–H groups in total. The van der Waals surface area contributed by atoms with Crippen LogP contribution in [-0.2, 0) is 4.79 Å². The monoisotopic (exact) mass is 294 g/mol. The summed E-state index contributed by atoms with van der Waals surface area (Å²) in [4.78, 5) is 18.9. The van der Waals surface area contributed by atoms with Crippen molar-refractivity contribution in [2.45, 2.75) is 0 Å². The molecule has 0 radical (unpaired) electrons. The van der Waals surface area contributed by atoms with Gasteiger partial charge in [-0.15, -0.1) is 0 Å². The van der Waals surface area contributed by atoms with Crippen molar-refractivity contribution >= 4 is 28.7 Å². The summed E-state index contributed by atoms with van der Waals surface area (Å²) in [5.41, 5.74) is 2.20. The molecule has 0 aliphatic heterocycles. The number of carboxylic acids is 1. The van der Waals surface area contributed by atoms with Gasteiger partial charge in [-0.1, -0.05) is 18.2 Å². The van der Waals surface area contributed by atoms with E-state index in [1.807, 2.05) is 12.1 Å². The molecule has 110 valence electrons. The third kappa shape index (κ3) is 2.44. The van der Waals surface area contributed by atoms with Crippen molar-refractivity contribution in [1.29, 1.82) is 0 Å². The number of hydrogen-bond acceptors (Lipinski definition) is 3. The zero-order valence-electron chi connectivity index (χ0n) is 11.9. The van der Waals surface area contributed by atoms with Crippen molar-refractivity contribution in [1.82, 2.24) is 9.97 Å². The van der Waals surface area contributed by atoms with E-state index in [0.29, 0.717) is 11.3 Å². The van der Waals surface area contributed by atoms with Crippen molar-refractivity contribution in [3.05, 3.63) is 59.9 Å². The largest absolute Gasteiger partial charge is 0.496 e. The molecule has 0 saturated heterocycles. The van der Waals surface area contributed by atoms with Crippen LogP contribution >= 0.6 is 0 Å². The van der Waals surface area contributed by atoms with Crippen LogP contribution in [0.25, 0.3) is 22.7 Å². The molecular formula is C17H14N2O3. The average Bonchev–Trinajstić information content (AvgIpc) is 2.95. The van der Waals surface area contributed by atoms with Gasteiger partial charge in [0.15, 0.2) is 0 Å². The van der Waals surface area contributed by atoms with Gasteiger partial charge in [-0.25, -0.2) is 9.78 Å². The number of aliphatic carboxylic acids is 1. The van der Waals surface area contributed by atoms with E-state index in [4.69, 9.17) is 4.74 Å². The van der Waals surface area contributed by atoms with Crippen LogP contribution in [0.5, 0.6) is 5.75 Å². The summed E-state index contributed by atoms with van der Waals surface area (Å²) in [5, 5.41) is 10.4. The number of aromatic amines is 1. The minimum atomic E-state index is -1.01. The Morgan fingerprint density at radius 1 is 1.27 bits per heavy atom. The lowest BCUT2D eigenvalue weighted by molar-refractivity contribution is -0.130. The first kappa shape index (κ1) is 13.9. The van der Waals surface area contributed by atoms with E-state index in [9.17, 15) is 9.90 Å². The summed E-state index contributed by atoms with van der Waals surface area (Å²) in [7, 11) is 1.52. The second kappa shape index (κ2) is 5.73. The molecule has 0 spiro atoms. The lowest BCUT2D eigenvalue weighted by Gasteiger charge is -2.08. The summed E-state index contributed by atoms with van der Waals surface area (Å²) >= 11 is 0. The fraction of sp³-hybridized carbons (Fsp3) is 0.0588. The van der Waals surface area contributed by atoms with Gasteiger partial charge < -0.3 is 14.8 Å². The summed E-state index contributed by atoms with van der Waals surface area (Å²) < 4.78 is 5.26. The summed E-state index contributed by atoms with van der Waals surface area (Å²) in [6, 6.07) is 10.8. The van der Waals surface area contributed by atoms with E-state index in [1.165, 1.54) is 7.11 Å². The number of hydrogen-bond donors (Lipinski definition) is 2. The first-order chi connectivity index (χ1) is 10.7. The Bertz CT molecular complexity index is 865. The fourth-order valence-electron chi connectivity index (χ4n) is 2.37. The number of benzene rings is 1. The molecule has 0 amide bonds. The van der Waals surface area contributed by atoms with Crippen molar-refractivity contribution in [3.63, 3.8) is 0 Å². The van der Waals surface area contributed by atoms with Crippen LogP contribution in [0, 0.1) is 0 Å². The molecule has 0 fully saturated rings. The van der Waals surface area contributed by atoms with Crippen molar-refractivity contribution in [2.24, 2.45) is 0 Å². The number of ether oxygens (including phenoxy) is 1. The zero-order chi connectivity index (χ0) is 15.5. The molecule has 0 unspecified atom stereocenters. The van der Waals surface area contributed by atoms with Crippen LogP contribution in [0.3, 0.4) is 0 Å². The maximum atomic E-state index is 11.7. The Hall–Kier alpha value is -3.08. The summed E-state index contributed by atoms with van der Waals surface area (Å²) in [6.07, 6.45) is 5.06. The van der Waals surface area contributed by atoms with Crippen LogP contribution < -0.4 is 4.74 Å². The van der Waals surface area contributed by atoms with Crippen LogP contribution in [0.1, 0.15) is 11.1 Å². The van der Waals surface area contributed by atoms with E-state index < -0.39 is 5.97 Å². The Morgan fingerprint density at radius 2 is 2.09 bits per heavy atom. The van der Waals surface area contributed by atoms with E-state index >= 15 is 0 Å². The Balaban J connectivity index is 2.18. The second-order valence-corrected chi connectivity index (χ2v) is 4.71. The first-order valence-electron chi connectivity index (χ1n) is 6.71. The topological polar surface area (TPSA) is 75.2 Å². The number of rotatable bonds is 4. The van der Waals surface area contributed by atoms with Crippen LogP contribution in [0.4, 0.5) is 0 Å². The fourth-order valence-corrected chi connectivity index (χ4v) is 2.37. The lowest BCUT2D eigenvalue weighted by Crippen LogP contribution is -2.01. The Kier molecular flexibility index (Phi) is 3.62. The van der Waals surface area contributed by atoms with Crippen LogP contribution in [-0.4, -0.2) is 28.2 Å². The van der Waals surface area contributed by atoms with Gasteiger partial charge >= 0.3 is 5.97 Å². The molecule has 5 heteroatoms. The predicted octanol–water partition coefficient (Wildman–Crippen LogP) is 3.20. The molecule has 2 heterocycles. The molecule has 0 saturated carbocycles. The number of pyridine rings is 1. The number of aromatic nitrogens is 2. The number of methoxy groups -OCH3 is 1. The maximum absolute atomic E-state index is 11.7. The molecule has 0 bridgehead atoms. The highest BCUT2D eigenvalue weighted by atomic mass is 16.5. The quantitative estimate of drug-likeness (QED) is 0.725. The predicted molar refractivity (Wildman–Crippen MR) is 84.6 cm³/mol. The van der Waals surface area contributed by atoms with Gasteiger partial charge in [0, 0.05) is 28.9 Å². The number of carboxylic acid groups (broad SMARTS) is 1. The van der Waals surface area contributed by atoms with Crippen LogP contribution in [0.2, 0.25) is 0 Å². The van der Waals surface area contributed by atoms with E-state index in [0.717, 1.165) is 16.6 Å². The SMILES string of the molecule is COc1ccccc1C(=Cc1c[nH]c2ncccc12)C(=O)O. The average molecular weight is 294 g/mol. The number of para-hydroxylation sites is 1. The Morgan fingerprint density at radius 3 is 2.86 bits per heavy atom. The Labute approximate surface area is 126 Å². The van der Waals surface area contributed by atoms with Crippen LogP contribution in [0.15, 0.2) is 48.8 Å². The number of fused-ring (bicyclic) bond motifs is 1. The molecule has 1 aromatic carbocycles. The normalized spacial score (nSPS) is 11.6. The highest BCUT2D eigenvalue weighted by Gasteiger charge is 2.16. The van der Waals surface area contributed by atoms with Gasteiger partial charge in [-0.3, -0.25) is 0 Å². The van der Waals surface area contributed by atoms with Gasteiger partial charge in [0.05, 0.1) is 12.7 Å². The molecular weight excluding hydrogens is 280 g/mol. The number of carbonyl (C=O) groups is 1. The maximum Gasteiger partial charge on any atom is 0.336 e. The molecule has 22 heavy (non-hydrogen) atoms.